The molecule has 0 bridgehead atoms. The normalized spacial score (nSPS) is 27.9. The number of ether oxygens (including phenoxy) is 2. The van der Waals surface area contributed by atoms with Crippen molar-refractivity contribution in [2.45, 2.75) is 51.4 Å². The van der Waals surface area contributed by atoms with Crippen molar-refractivity contribution in [1.82, 2.24) is 0 Å². The Morgan fingerprint density at radius 3 is 2.57 bits per heavy atom. The van der Waals surface area contributed by atoms with Crippen LogP contribution in [0.25, 0.3) is 0 Å². The number of nitrogens with two attached hydrogens (primary N) is 1. The summed E-state index contributed by atoms with van der Waals surface area (Å²) in [5, 5.41) is 0. The van der Waals surface area contributed by atoms with E-state index in [4.69, 9.17) is 15.2 Å². The molecule has 4 nitrogen and oxygen atoms in total. The number of carbonyl (C=O) groups is 1. The van der Waals surface area contributed by atoms with Crippen LogP contribution in [-0.2, 0) is 14.3 Å². The first-order valence-electron chi connectivity index (χ1n) is 5.25. The average Bonchev–Trinajstić information content (AvgIpc) is 2.10. The minimum atomic E-state index is -0.410. The van der Waals surface area contributed by atoms with Crippen LogP contribution in [0.3, 0.4) is 0 Å². The molecule has 1 rings (SSSR count). The summed E-state index contributed by atoms with van der Waals surface area (Å²) in [4.78, 5) is 11.4. The van der Waals surface area contributed by atoms with Gasteiger partial charge in [-0.1, -0.05) is 6.92 Å². The van der Waals surface area contributed by atoms with Crippen LogP contribution in [0.1, 0.15) is 33.1 Å². The van der Waals surface area contributed by atoms with Gasteiger partial charge in [-0.2, -0.15) is 0 Å². The fourth-order valence-electron chi connectivity index (χ4n) is 1.50. The molecule has 0 aromatic rings. The molecule has 4 heteroatoms. The van der Waals surface area contributed by atoms with Crippen LogP contribution in [0, 0.1) is 0 Å². The highest BCUT2D eigenvalue weighted by atomic mass is 16.6. The van der Waals surface area contributed by atoms with E-state index in [0.717, 1.165) is 12.8 Å². The third-order valence-electron chi connectivity index (χ3n) is 2.41. The summed E-state index contributed by atoms with van der Waals surface area (Å²) in [5.74, 6) is -0.254. The second kappa shape index (κ2) is 5.32. The van der Waals surface area contributed by atoms with Crippen LogP contribution in [-0.4, -0.2) is 30.8 Å². The van der Waals surface area contributed by atoms with Gasteiger partial charge in [0.1, 0.15) is 0 Å². The highest BCUT2D eigenvalue weighted by Gasteiger charge is 2.31. The fourth-order valence-corrected chi connectivity index (χ4v) is 1.50. The summed E-state index contributed by atoms with van der Waals surface area (Å²) in [6.45, 7) is 4.12. The Labute approximate surface area is 84.7 Å². The molecular formula is C10H19NO3. The SMILES string of the molecule is CCOC(=O)C(CC)OC1CC(N)C1. The lowest BCUT2D eigenvalue weighted by Gasteiger charge is -2.34. The van der Waals surface area contributed by atoms with Crippen LogP contribution in [0.15, 0.2) is 0 Å². The van der Waals surface area contributed by atoms with E-state index >= 15 is 0 Å². The molecule has 0 aromatic heterocycles. The molecule has 1 fully saturated rings. The fraction of sp³-hybridized carbons (Fsp3) is 0.900. The molecule has 1 unspecified atom stereocenters. The zero-order valence-corrected chi connectivity index (χ0v) is 8.86. The molecule has 14 heavy (non-hydrogen) atoms. The number of esters is 1. The molecule has 0 spiro atoms. The van der Waals surface area contributed by atoms with E-state index in [0.29, 0.717) is 13.0 Å². The molecule has 82 valence electrons. The van der Waals surface area contributed by atoms with Crippen molar-refractivity contribution in [3.8, 4) is 0 Å². The average molecular weight is 201 g/mol. The quantitative estimate of drug-likeness (QED) is 0.669. The van der Waals surface area contributed by atoms with Crippen molar-refractivity contribution in [3.05, 3.63) is 0 Å². The van der Waals surface area contributed by atoms with Gasteiger partial charge in [-0.15, -0.1) is 0 Å². The highest BCUT2D eigenvalue weighted by molar-refractivity contribution is 5.74. The maximum atomic E-state index is 11.4. The molecule has 1 aliphatic rings. The minimum absolute atomic E-state index is 0.152. The molecule has 2 N–H and O–H groups in total. The molecule has 0 radical (unpaired) electrons. The highest BCUT2D eigenvalue weighted by Crippen LogP contribution is 2.23. The summed E-state index contributed by atoms with van der Waals surface area (Å²) in [6.07, 6.45) is 2.11. The summed E-state index contributed by atoms with van der Waals surface area (Å²) in [5.41, 5.74) is 5.62. The minimum Gasteiger partial charge on any atom is -0.464 e. The zero-order chi connectivity index (χ0) is 10.6. The molecule has 0 amide bonds. The van der Waals surface area contributed by atoms with Crippen molar-refractivity contribution in [2.75, 3.05) is 6.61 Å². The summed E-state index contributed by atoms with van der Waals surface area (Å²) in [6, 6.07) is 0.250. The van der Waals surface area contributed by atoms with Crippen molar-refractivity contribution >= 4 is 5.97 Å². The third-order valence-corrected chi connectivity index (χ3v) is 2.41. The van der Waals surface area contributed by atoms with Gasteiger partial charge in [0, 0.05) is 6.04 Å². The number of hydrogen-bond acceptors (Lipinski definition) is 4. The molecular weight excluding hydrogens is 182 g/mol. The monoisotopic (exact) mass is 201 g/mol. The Morgan fingerprint density at radius 1 is 1.50 bits per heavy atom. The molecule has 0 aromatic carbocycles. The van der Waals surface area contributed by atoms with Gasteiger partial charge in [0.05, 0.1) is 12.7 Å². The number of rotatable bonds is 5. The van der Waals surface area contributed by atoms with Crippen LogP contribution >= 0.6 is 0 Å². The van der Waals surface area contributed by atoms with Crippen molar-refractivity contribution in [2.24, 2.45) is 5.73 Å². The second-order valence-electron chi connectivity index (χ2n) is 3.64. The number of hydrogen-bond donors (Lipinski definition) is 1. The Hall–Kier alpha value is -0.610. The second-order valence-corrected chi connectivity index (χ2v) is 3.64. The predicted octanol–water partition coefficient (Wildman–Crippen LogP) is 0.834. The van der Waals surface area contributed by atoms with Gasteiger partial charge in [-0.25, -0.2) is 4.79 Å². The van der Waals surface area contributed by atoms with Crippen molar-refractivity contribution in [1.29, 1.82) is 0 Å². The lowest BCUT2D eigenvalue weighted by molar-refractivity contribution is -0.164. The summed E-state index contributed by atoms with van der Waals surface area (Å²) >= 11 is 0. The molecule has 0 saturated heterocycles. The Kier molecular flexibility index (Phi) is 4.35. The van der Waals surface area contributed by atoms with E-state index in [1.807, 2.05) is 6.92 Å². The Bertz CT molecular complexity index is 190. The first kappa shape index (κ1) is 11.5. The predicted molar refractivity (Wildman–Crippen MR) is 52.8 cm³/mol. The Balaban J connectivity index is 2.27. The van der Waals surface area contributed by atoms with Gasteiger partial charge in [-0.05, 0) is 26.2 Å². The largest absolute Gasteiger partial charge is 0.464 e. The van der Waals surface area contributed by atoms with Crippen LogP contribution in [0.5, 0.6) is 0 Å². The van der Waals surface area contributed by atoms with E-state index in [1.165, 1.54) is 0 Å². The number of carbonyl (C=O) groups excluding carboxylic acids is 1. The standard InChI is InChI=1S/C10H19NO3/c1-3-9(10(12)13-4-2)14-8-5-7(11)6-8/h7-9H,3-6,11H2,1-2H3. The van der Waals surface area contributed by atoms with E-state index < -0.39 is 6.10 Å². The zero-order valence-electron chi connectivity index (χ0n) is 8.86. The maximum Gasteiger partial charge on any atom is 0.335 e. The molecule has 0 aliphatic heterocycles. The molecule has 0 heterocycles. The van der Waals surface area contributed by atoms with Gasteiger partial charge in [0.2, 0.25) is 0 Å². The van der Waals surface area contributed by atoms with E-state index in [-0.39, 0.29) is 18.1 Å². The van der Waals surface area contributed by atoms with Gasteiger partial charge in [-0.3, -0.25) is 0 Å². The van der Waals surface area contributed by atoms with E-state index in [1.54, 1.807) is 6.92 Å². The van der Waals surface area contributed by atoms with Crippen LogP contribution < -0.4 is 5.73 Å². The Morgan fingerprint density at radius 2 is 2.14 bits per heavy atom. The lowest BCUT2D eigenvalue weighted by atomic mass is 9.90. The maximum absolute atomic E-state index is 11.4. The van der Waals surface area contributed by atoms with E-state index in [9.17, 15) is 4.79 Å². The molecule has 1 saturated carbocycles. The topological polar surface area (TPSA) is 61.5 Å². The summed E-state index contributed by atoms with van der Waals surface area (Å²) in [7, 11) is 0. The molecule has 1 aliphatic carbocycles. The van der Waals surface area contributed by atoms with E-state index in [2.05, 4.69) is 0 Å². The smallest absolute Gasteiger partial charge is 0.335 e. The van der Waals surface area contributed by atoms with Crippen LogP contribution in [0.4, 0.5) is 0 Å². The first-order valence-corrected chi connectivity index (χ1v) is 5.25. The van der Waals surface area contributed by atoms with Gasteiger partial charge >= 0.3 is 5.97 Å². The lowest BCUT2D eigenvalue weighted by Crippen LogP contribution is -2.44. The van der Waals surface area contributed by atoms with Gasteiger partial charge in [0.25, 0.3) is 0 Å². The van der Waals surface area contributed by atoms with Crippen molar-refractivity contribution < 1.29 is 14.3 Å². The first-order chi connectivity index (χ1) is 6.67. The third kappa shape index (κ3) is 2.96. The van der Waals surface area contributed by atoms with Gasteiger partial charge in [0.15, 0.2) is 6.10 Å². The van der Waals surface area contributed by atoms with Gasteiger partial charge < -0.3 is 15.2 Å². The van der Waals surface area contributed by atoms with Crippen LogP contribution in [0.2, 0.25) is 0 Å². The summed E-state index contributed by atoms with van der Waals surface area (Å²) < 4.78 is 10.5. The van der Waals surface area contributed by atoms with Crippen molar-refractivity contribution in [3.63, 3.8) is 0 Å². The molecule has 1 atom stereocenters.